The van der Waals surface area contributed by atoms with Crippen LogP contribution in [-0.4, -0.2) is 39.3 Å². The number of hydrogen-bond acceptors (Lipinski definition) is 4. The van der Waals surface area contributed by atoms with Crippen molar-refractivity contribution in [2.24, 2.45) is 5.92 Å². The molecular formula is C27H20F3N3O4. The molecule has 2 aromatic heterocycles. The van der Waals surface area contributed by atoms with Gasteiger partial charge in [-0.25, -0.2) is 4.98 Å². The van der Waals surface area contributed by atoms with Crippen molar-refractivity contribution in [3.8, 4) is 16.8 Å². The van der Waals surface area contributed by atoms with E-state index in [2.05, 4.69) is 4.98 Å². The number of amides is 1. The van der Waals surface area contributed by atoms with Crippen molar-refractivity contribution >= 4 is 22.9 Å². The molecule has 2 heterocycles. The molecule has 0 saturated heterocycles. The van der Waals surface area contributed by atoms with Gasteiger partial charge in [0.05, 0.1) is 11.3 Å². The molecule has 0 spiro atoms. The molecule has 1 saturated carbocycles. The fourth-order valence-electron chi connectivity index (χ4n) is 4.51. The number of pyridine rings is 2. The Kier molecular flexibility index (Phi) is 6.02. The van der Waals surface area contributed by atoms with Gasteiger partial charge in [-0.15, -0.1) is 0 Å². The van der Waals surface area contributed by atoms with Crippen LogP contribution in [0.3, 0.4) is 0 Å². The van der Waals surface area contributed by atoms with Gasteiger partial charge in [0.2, 0.25) is 5.43 Å². The smallest absolute Gasteiger partial charge is 0.405 e. The monoisotopic (exact) mass is 507 g/mol. The highest BCUT2D eigenvalue weighted by molar-refractivity contribution is 5.97. The van der Waals surface area contributed by atoms with Gasteiger partial charge in [-0.3, -0.25) is 14.4 Å². The van der Waals surface area contributed by atoms with Gasteiger partial charge in [-0.05, 0) is 53.3 Å². The lowest BCUT2D eigenvalue weighted by Crippen LogP contribution is -2.36. The Labute approximate surface area is 208 Å². The molecule has 1 amide bonds. The third-order valence-electron chi connectivity index (χ3n) is 6.36. The second kappa shape index (κ2) is 9.20. The maximum absolute atomic E-state index is 12.9. The lowest BCUT2D eigenvalue weighted by molar-refractivity contribution is -0.138. The summed E-state index contributed by atoms with van der Waals surface area (Å²) < 4.78 is 39.5. The third-order valence-corrected chi connectivity index (χ3v) is 6.36. The molecule has 188 valence electrons. The van der Waals surface area contributed by atoms with Crippen LogP contribution < -0.4 is 10.7 Å². The minimum absolute atomic E-state index is 0.0789. The molecule has 1 aliphatic rings. The van der Waals surface area contributed by atoms with Crippen LogP contribution in [0.25, 0.3) is 27.8 Å². The van der Waals surface area contributed by atoms with E-state index in [1.165, 1.54) is 29.1 Å². The van der Waals surface area contributed by atoms with Crippen LogP contribution in [-0.2, 0) is 4.79 Å². The molecule has 1 aliphatic carbocycles. The summed E-state index contributed by atoms with van der Waals surface area (Å²) in [7, 11) is 0. The molecule has 5 rings (SSSR count). The van der Waals surface area contributed by atoms with Crippen molar-refractivity contribution in [1.29, 1.82) is 0 Å². The number of aromatic nitrogens is 2. The lowest BCUT2D eigenvalue weighted by Gasteiger charge is -2.15. The number of fused-ring (bicyclic) bond motifs is 1. The molecule has 37 heavy (non-hydrogen) atoms. The first-order chi connectivity index (χ1) is 17.6. The van der Waals surface area contributed by atoms with E-state index in [4.69, 9.17) is 0 Å². The lowest BCUT2D eigenvalue weighted by atomic mass is 9.95. The SMILES string of the molecule is O=C(NCC(F)(F)F)c1cn(-c2cccc(-c3ccccc3[C@@H]3C[C@H]3C(=O)O)c2)c2ncccc2c1=O. The predicted molar refractivity (Wildman–Crippen MR) is 130 cm³/mol. The summed E-state index contributed by atoms with van der Waals surface area (Å²) >= 11 is 0. The second-order valence-electron chi connectivity index (χ2n) is 8.84. The fraction of sp³-hybridized carbons (Fsp3) is 0.185. The highest BCUT2D eigenvalue weighted by Gasteiger charge is 2.45. The molecule has 0 radical (unpaired) electrons. The Morgan fingerprint density at radius 2 is 1.86 bits per heavy atom. The summed E-state index contributed by atoms with van der Waals surface area (Å²) in [4.78, 5) is 41.2. The van der Waals surface area contributed by atoms with Crippen LogP contribution in [0.1, 0.15) is 28.3 Å². The first kappa shape index (κ1) is 24.2. The number of carboxylic acids is 1. The van der Waals surface area contributed by atoms with Crippen molar-refractivity contribution in [1.82, 2.24) is 14.9 Å². The molecular weight excluding hydrogens is 487 g/mol. The molecule has 4 aromatic rings. The number of carbonyl (C=O) groups is 2. The molecule has 2 atom stereocenters. The number of benzene rings is 2. The van der Waals surface area contributed by atoms with E-state index in [9.17, 15) is 32.7 Å². The number of carbonyl (C=O) groups excluding carboxylic acids is 1. The Balaban J connectivity index is 1.61. The quantitative estimate of drug-likeness (QED) is 0.399. The van der Waals surface area contributed by atoms with E-state index in [0.29, 0.717) is 12.1 Å². The average molecular weight is 507 g/mol. The van der Waals surface area contributed by atoms with Crippen molar-refractivity contribution < 1.29 is 27.9 Å². The van der Waals surface area contributed by atoms with Crippen LogP contribution in [0.5, 0.6) is 0 Å². The van der Waals surface area contributed by atoms with Crippen LogP contribution in [0.15, 0.2) is 77.9 Å². The summed E-state index contributed by atoms with van der Waals surface area (Å²) in [5.74, 6) is -2.52. The number of nitrogens with one attached hydrogen (secondary N) is 1. The number of alkyl halides is 3. The van der Waals surface area contributed by atoms with Gasteiger partial charge in [-0.2, -0.15) is 13.2 Å². The molecule has 7 nitrogen and oxygen atoms in total. The van der Waals surface area contributed by atoms with Gasteiger partial charge in [0, 0.05) is 18.1 Å². The molecule has 2 aromatic carbocycles. The van der Waals surface area contributed by atoms with E-state index in [1.54, 1.807) is 23.5 Å². The average Bonchev–Trinajstić information content (AvgIpc) is 3.69. The zero-order valence-electron chi connectivity index (χ0n) is 19.2. The molecule has 0 aliphatic heterocycles. The second-order valence-corrected chi connectivity index (χ2v) is 8.84. The Bertz CT molecular complexity index is 1600. The zero-order valence-corrected chi connectivity index (χ0v) is 19.2. The zero-order chi connectivity index (χ0) is 26.3. The minimum Gasteiger partial charge on any atom is -0.481 e. The topological polar surface area (TPSA) is 101 Å². The summed E-state index contributed by atoms with van der Waals surface area (Å²) in [6.07, 6.45) is -1.41. The molecule has 2 N–H and O–H groups in total. The normalized spacial score (nSPS) is 16.9. The fourth-order valence-corrected chi connectivity index (χ4v) is 4.51. The third kappa shape index (κ3) is 4.82. The summed E-state index contributed by atoms with van der Waals surface area (Å²) in [5.41, 5.74) is 2.11. The first-order valence-electron chi connectivity index (χ1n) is 11.4. The van der Waals surface area contributed by atoms with Gasteiger partial charge in [-0.1, -0.05) is 36.4 Å². The number of aliphatic carboxylic acids is 1. The number of carboxylic acid groups (broad SMARTS) is 1. The van der Waals surface area contributed by atoms with Gasteiger partial charge >= 0.3 is 12.1 Å². The Hall–Kier alpha value is -4.47. The van der Waals surface area contributed by atoms with E-state index in [-0.39, 0.29) is 17.0 Å². The van der Waals surface area contributed by atoms with Crippen LogP contribution in [0.2, 0.25) is 0 Å². The van der Waals surface area contributed by atoms with Crippen molar-refractivity contribution in [3.05, 3.63) is 94.4 Å². The number of nitrogens with zero attached hydrogens (tertiary/aromatic N) is 2. The van der Waals surface area contributed by atoms with Gasteiger partial charge in [0.1, 0.15) is 17.8 Å². The summed E-state index contributed by atoms with van der Waals surface area (Å²) in [6, 6.07) is 17.6. The highest BCUT2D eigenvalue weighted by Crippen LogP contribution is 2.50. The summed E-state index contributed by atoms with van der Waals surface area (Å²) in [5, 5.41) is 11.2. The van der Waals surface area contributed by atoms with Crippen molar-refractivity contribution in [2.75, 3.05) is 6.54 Å². The predicted octanol–water partition coefficient (Wildman–Crippen LogP) is 4.53. The molecule has 0 unspecified atom stereocenters. The van der Waals surface area contributed by atoms with E-state index in [0.717, 1.165) is 16.7 Å². The van der Waals surface area contributed by atoms with Gasteiger partial charge in [0.15, 0.2) is 0 Å². The van der Waals surface area contributed by atoms with E-state index >= 15 is 0 Å². The van der Waals surface area contributed by atoms with Crippen molar-refractivity contribution in [2.45, 2.75) is 18.5 Å². The standard InChI is InChI=1S/C27H20F3N3O4/c28-27(29,30)14-32-25(35)22-13-33(24-19(23(22)34)9-4-10-31-24)16-6-3-5-15(11-16)17-7-1-2-8-18(17)20-12-21(20)26(36)37/h1-11,13,20-21H,12,14H2,(H,32,35)(H,36,37)/t20-,21+/m0/s1. The first-order valence-corrected chi connectivity index (χ1v) is 11.4. The van der Waals surface area contributed by atoms with Crippen LogP contribution in [0, 0.1) is 5.92 Å². The molecule has 0 bridgehead atoms. The number of halogens is 3. The highest BCUT2D eigenvalue weighted by atomic mass is 19.4. The van der Waals surface area contributed by atoms with E-state index in [1.807, 2.05) is 30.3 Å². The summed E-state index contributed by atoms with van der Waals surface area (Å²) in [6.45, 7) is -1.57. The Morgan fingerprint density at radius 1 is 1.08 bits per heavy atom. The number of rotatable bonds is 6. The van der Waals surface area contributed by atoms with Gasteiger partial charge < -0.3 is 15.0 Å². The maximum Gasteiger partial charge on any atom is 0.405 e. The van der Waals surface area contributed by atoms with E-state index < -0.39 is 41.5 Å². The maximum atomic E-state index is 12.9. The largest absolute Gasteiger partial charge is 0.481 e. The van der Waals surface area contributed by atoms with Crippen LogP contribution in [0.4, 0.5) is 13.2 Å². The minimum atomic E-state index is -4.63. The Morgan fingerprint density at radius 3 is 2.59 bits per heavy atom. The molecule has 1 fully saturated rings. The van der Waals surface area contributed by atoms with Crippen molar-refractivity contribution in [3.63, 3.8) is 0 Å². The molecule has 10 heteroatoms. The number of hydrogen-bond donors (Lipinski definition) is 2. The van der Waals surface area contributed by atoms with Gasteiger partial charge in [0.25, 0.3) is 5.91 Å². The van der Waals surface area contributed by atoms with Crippen LogP contribution >= 0.6 is 0 Å².